The number of hydrogen-bond donors (Lipinski definition) is 2. The lowest BCUT2D eigenvalue weighted by atomic mass is 10.0. The fourth-order valence-electron chi connectivity index (χ4n) is 2.63. The van der Waals surface area contributed by atoms with Crippen LogP contribution in [0.5, 0.6) is 0 Å². The Kier molecular flexibility index (Phi) is 7.19. The minimum Gasteiger partial charge on any atom is -0.480 e. The van der Waals surface area contributed by atoms with Crippen LogP contribution in [0.25, 0.3) is 0 Å². The Bertz CT molecular complexity index is 690. The number of nitrogens with one attached hydrogen (secondary N) is 1. The molecule has 1 amide bonds. The van der Waals surface area contributed by atoms with E-state index in [1.807, 2.05) is 0 Å². The number of carbonyl (C=O) groups excluding carboxylic acids is 1. The van der Waals surface area contributed by atoms with Gasteiger partial charge in [0.15, 0.2) is 9.84 Å². The molecule has 0 spiro atoms. The van der Waals surface area contributed by atoms with Gasteiger partial charge in [-0.1, -0.05) is 6.42 Å². The first kappa shape index (κ1) is 20.4. The highest BCUT2D eigenvalue weighted by molar-refractivity contribution is 7.90. The van der Waals surface area contributed by atoms with Crippen LogP contribution in [0.3, 0.4) is 0 Å². The standard InChI is InChI=1S/C15H20N2O5S.ClH/c1-23(21,22)12-7-5-11(6-8-12)16-14(18)10-17-9-3-2-4-13(17)15(19)20;/h5-8,13H,2-4,9-10H2,1H3,(H,16,18)(H,19,20);1H. The van der Waals surface area contributed by atoms with E-state index in [0.29, 0.717) is 18.7 Å². The Morgan fingerprint density at radius 1 is 1.25 bits per heavy atom. The maximum Gasteiger partial charge on any atom is 0.320 e. The van der Waals surface area contributed by atoms with Crippen LogP contribution in [0, 0.1) is 0 Å². The first-order chi connectivity index (χ1) is 10.8. The number of rotatable bonds is 5. The van der Waals surface area contributed by atoms with Crippen LogP contribution in [0.2, 0.25) is 0 Å². The van der Waals surface area contributed by atoms with Crippen LogP contribution in [0.1, 0.15) is 19.3 Å². The molecule has 1 fully saturated rings. The molecule has 134 valence electrons. The van der Waals surface area contributed by atoms with Crippen LogP contribution in [0.15, 0.2) is 29.2 Å². The Hall–Kier alpha value is -1.64. The Balaban J connectivity index is 0.00000288. The van der Waals surface area contributed by atoms with Crippen molar-refractivity contribution in [3.63, 3.8) is 0 Å². The SMILES string of the molecule is CS(=O)(=O)c1ccc(NC(=O)CN2CCCCC2C(=O)O)cc1.Cl. The quantitative estimate of drug-likeness (QED) is 0.804. The van der Waals surface area contributed by atoms with Crippen LogP contribution in [-0.4, -0.2) is 55.7 Å². The van der Waals surface area contributed by atoms with Crippen LogP contribution in [0.4, 0.5) is 5.69 Å². The topological polar surface area (TPSA) is 104 Å². The zero-order chi connectivity index (χ0) is 17.0. The largest absolute Gasteiger partial charge is 0.480 e. The van der Waals surface area contributed by atoms with E-state index in [9.17, 15) is 23.1 Å². The number of benzene rings is 1. The molecule has 2 rings (SSSR count). The van der Waals surface area contributed by atoms with Crippen molar-refractivity contribution >= 4 is 39.8 Å². The van der Waals surface area contributed by atoms with Crippen molar-refractivity contribution in [1.82, 2.24) is 4.90 Å². The zero-order valence-electron chi connectivity index (χ0n) is 13.3. The maximum absolute atomic E-state index is 12.1. The summed E-state index contributed by atoms with van der Waals surface area (Å²) in [6, 6.07) is 5.25. The number of piperidine rings is 1. The molecule has 0 radical (unpaired) electrons. The highest BCUT2D eigenvalue weighted by Crippen LogP contribution is 2.18. The number of carbonyl (C=O) groups is 2. The molecule has 1 atom stereocenters. The van der Waals surface area contributed by atoms with E-state index < -0.39 is 21.8 Å². The summed E-state index contributed by atoms with van der Waals surface area (Å²) in [5, 5.41) is 11.8. The molecule has 1 aliphatic rings. The number of halogens is 1. The van der Waals surface area contributed by atoms with Crippen LogP contribution in [-0.2, 0) is 19.4 Å². The number of hydrogen-bond acceptors (Lipinski definition) is 5. The second kappa shape index (κ2) is 8.46. The summed E-state index contributed by atoms with van der Waals surface area (Å²) < 4.78 is 22.8. The number of carboxylic acid groups (broad SMARTS) is 1. The molecule has 1 aliphatic heterocycles. The number of anilines is 1. The van der Waals surface area contributed by atoms with Gasteiger partial charge in [-0.05, 0) is 43.7 Å². The van der Waals surface area contributed by atoms with Crippen LogP contribution < -0.4 is 5.32 Å². The lowest BCUT2D eigenvalue weighted by Crippen LogP contribution is -2.47. The molecular formula is C15H21ClN2O5S. The molecule has 0 aliphatic carbocycles. The predicted octanol–water partition coefficient (Wildman–Crippen LogP) is 1.39. The van der Waals surface area contributed by atoms with Crippen molar-refractivity contribution < 1.29 is 23.1 Å². The van der Waals surface area contributed by atoms with Gasteiger partial charge in [0.05, 0.1) is 11.4 Å². The van der Waals surface area contributed by atoms with Gasteiger partial charge in [-0.2, -0.15) is 0 Å². The van der Waals surface area contributed by atoms with Gasteiger partial charge in [-0.25, -0.2) is 8.42 Å². The van der Waals surface area contributed by atoms with E-state index in [4.69, 9.17) is 0 Å². The number of sulfone groups is 1. The zero-order valence-corrected chi connectivity index (χ0v) is 14.9. The van der Waals surface area contributed by atoms with E-state index in [0.717, 1.165) is 19.1 Å². The minimum atomic E-state index is -3.27. The monoisotopic (exact) mass is 376 g/mol. The van der Waals surface area contributed by atoms with Gasteiger partial charge in [0.2, 0.25) is 5.91 Å². The minimum absolute atomic E-state index is 0. The Morgan fingerprint density at radius 2 is 1.88 bits per heavy atom. The Morgan fingerprint density at radius 3 is 2.42 bits per heavy atom. The van der Waals surface area contributed by atoms with Crippen molar-refractivity contribution in [2.24, 2.45) is 0 Å². The van der Waals surface area contributed by atoms with E-state index in [-0.39, 0.29) is 29.8 Å². The molecule has 2 N–H and O–H groups in total. The molecule has 9 heteroatoms. The first-order valence-electron chi connectivity index (χ1n) is 7.34. The molecule has 1 heterocycles. The van der Waals surface area contributed by atoms with E-state index >= 15 is 0 Å². The van der Waals surface area contributed by atoms with Crippen molar-refractivity contribution in [2.45, 2.75) is 30.2 Å². The van der Waals surface area contributed by atoms with Gasteiger partial charge in [0.25, 0.3) is 0 Å². The molecule has 1 unspecified atom stereocenters. The molecule has 7 nitrogen and oxygen atoms in total. The van der Waals surface area contributed by atoms with Crippen molar-refractivity contribution in [3.8, 4) is 0 Å². The summed E-state index contributed by atoms with van der Waals surface area (Å²) in [7, 11) is -3.27. The Labute approximate surface area is 147 Å². The molecule has 1 saturated heterocycles. The third-order valence-electron chi connectivity index (χ3n) is 3.81. The number of likely N-dealkylation sites (tertiary alicyclic amines) is 1. The average molecular weight is 377 g/mol. The van der Waals surface area contributed by atoms with E-state index in [1.54, 1.807) is 4.90 Å². The number of amides is 1. The average Bonchev–Trinajstić information content (AvgIpc) is 2.47. The van der Waals surface area contributed by atoms with Crippen molar-refractivity contribution in [2.75, 3.05) is 24.7 Å². The summed E-state index contributed by atoms with van der Waals surface area (Å²) >= 11 is 0. The molecule has 1 aromatic carbocycles. The second-order valence-electron chi connectivity index (χ2n) is 5.67. The van der Waals surface area contributed by atoms with E-state index in [1.165, 1.54) is 24.3 Å². The molecule has 1 aromatic rings. The molecule has 0 aromatic heterocycles. The normalized spacial score (nSPS) is 18.5. The lowest BCUT2D eigenvalue weighted by Gasteiger charge is -2.32. The molecular weight excluding hydrogens is 356 g/mol. The highest BCUT2D eigenvalue weighted by atomic mass is 35.5. The highest BCUT2D eigenvalue weighted by Gasteiger charge is 2.29. The number of nitrogens with zero attached hydrogens (tertiary/aromatic N) is 1. The summed E-state index contributed by atoms with van der Waals surface area (Å²) in [5.74, 6) is -1.22. The predicted molar refractivity (Wildman–Crippen MR) is 92.3 cm³/mol. The number of aliphatic carboxylic acids is 1. The third-order valence-corrected chi connectivity index (χ3v) is 4.94. The summed E-state index contributed by atoms with van der Waals surface area (Å²) in [6.45, 7) is 0.586. The van der Waals surface area contributed by atoms with Crippen molar-refractivity contribution in [3.05, 3.63) is 24.3 Å². The number of carboxylic acids is 1. The van der Waals surface area contributed by atoms with E-state index in [2.05, 4.69) is 5.32 Å². The van der Waals surface area contributed by atoms with Gasteiger partial charge in [0.1, 0.15) is 6.04 Å². The fourth-order valence-corrected chi connectivity index (χ4v) is 3.26. The molecule has 0 saturated carbocycles. The summed E-state index contributed by atoms with van der Waals surface area (Å²) in [5.41, 5.74) is 0.478. The first-order valence-corrected chi connectivity index (χ1v) is 9.23. The smallest absolute Gasteiger partial charge is 0.320 e. The van der Waals surface area contributed by atoms with Crippen LogP contribution >= 0.6 is 12.4 Å². The third kappa shape index (κ3) is 5.47. The molecule has 0 bridgehead atoms. The maximum atomic E-state index is 12.1. The van der Waals surface area contributed by atoms with Crippen molar-refractivity contribution in [1.29, 1.82) is 0 Å². The second-order valence-corrected chi connectivity index (χ2v) is 7.68. The lowest BCUT2D eigenvalue weighted by molar-refractivity contribution is -0.145. The van der Waals surface area contributed by atoms with Gasteiger partial charge in [-0.3, -0.25) is 14.5 Å². The fraction of sp³-hybridized carbons (Fsp3) is 0.467. The van der Waals surface area contributed by atoms with Gasteiger partial charge >= 0.3 is 5.97 Å². The van der Waals surface area contributed by atoms with Gasteiger partial charge in [0, 0.05) is 11.9 Å². The van der Waals surface area contributed by atoms with Gasteiger partial charge in [-0.15, -0.1) is 12.4 Å². The molecule has 24 heavy (non-hydrogen) atoms. The summed E-state index contributed by atoms with van der Waals surface area (Å²) in [4.78, 5) is 25.1. The van der Waals surface area contributed by atoms with Gasteiger partial charge < -0.3 is 10.4 Å². The summed E-state index contributed by atoms with van der Waals surface area (Å²) in [6.07, 6.45) is 3.39.